The highest BCUT2D eigenvalue weighted by Gasteiger charge is 2.58. The quantitative estimate of drug-likeness (QED) is 0.191. The second-order valence-electron chi connectivity index (χ2n) is 8.23. The van der Waals surface area contributed by atoms with E-state index in [2.05, 4.69) is 0 Å². The van der Waals surface area contributed by atoms with Crippen LogP contribution in [0.1, 0.15) is 0 Å². The van der Waals surface area contributed by atoms with E-state index in [4.69, 9.17) is 34.6 Å². The first-order valence-corrected chi connectivity index (χ1v) is 11.3. The van der Waals surface area contributed by atoms with Crippen LogP contribution in [0.15, 0.2) is 60.7 Å². The maximum atomic E-state index is 10.00. The van der Waals surface area contributed by atoms with E-state index in [1.807, 2.05) is 12.1 Å². The Labute approximate surface area is 212 Å². The minimum absolute atomic E-state index is 0.322. The number of ether oxygens (including phenoxy) is 3. The smallest absolute Gasteiger partial charge is 0.224 e. The van der Waals surface area contributed by atoms with Crippen molar-refractivity contribution in [2.45, 2.75) is 54.8 Å². The van der Waals surface area contributed by atoms with Gasteiger partial charge in [-0.1, -0.05) is 36.4 Å². The number of phenolic OH excluding ortho intramolecular Hbond substituents is 2. The van der Waals surface area contributed by atoms with Crippen LogP contribution >= 0.6 is 0 Å². The summed E-state index contributed by atoms with van der Waals surface area (Å²) in [6, 6.07) is 17.4. The number of rotatable bonds is 5. The molecule has 0 spiro atoms. The third-order valence-electron chi connectivity index (χ3n) is 5.58. The number of aliphatic hydroxyl groups is 8. The third-order valence-corrected chi connectivity index (χ3v) is 5.58. The normalized spacial score (nSPS) is 35.0. The van der Waals surface area contributed by atoms with Crippen molar-refractivity contribution in [3.63, 3.8) is 0 Å². The summed E-state index contributed by atoms with van der Waals surface area (Å²) >= 11 is 0. The van der Waals surface area contributed by atoms with Crippen molar-refractivity contribution in [3.05, 3.63) is 60.7 Å². The summed E-state index contributed by atoms with van der Waals surface area (Å²) in [6.45, 7) is -2.32. The molecule has 0 amide bonds. The fourth-order valence-corrected chi connectivity index (χ4v) is 3.49. The van der Waals surface area contributed by atoms with E-state index < -0.39 is 74.6 Å². The van der Waals surface area contributed by atoms with Crippen LogP contribution in [0.5, 0.6) is 11.5 Å². The van der Waals surface area contributed by atoms with Gasteiger partial charge in [-0.15, -0.1) is 0 Å². The first-order valence-electron chi connectivity index (χ1n) is 11.3. The predicted octanol–water partition coefficient (Wildman–Crippen LogP) is -2.61. The lowest BCUT2D eigenvalue weighted by Crippen LogP contribution is -2.62. The van der Waals surface area contributed by atoms with Crippen LogP contribution in [0.2, 0.25) is 0 Å². The van der Waals surface area contributed by atoms with Gasteiger partial charge in [0.1, 0.15) is 60.8 Å². The summed E-state index contributed by atoms with van der Waals surface area (Å²) in [5, 5.41) is 93.9. The Morgan fingerprint density at radius 3 is 1.49 bits per heavy atom. The number of benzene rings is 2. The van der Waals surface area contributed by atoms with Gasteiger partial charge in [-0.2, -0.15) is 0 Å². The molecule has 0 radical (unpaired) electrons. The van der Waals surface area contributed by atoms with Crippen LogP contribution < -0.4 is 0 Å². The van der Waals surface area contributed by atoms with Gasteiger partial charge in [0.15, 0.2) is 6.29 Å². The standard InChI is InChI=1S/C12H22O11.2C6H6O/c13-1-4-6(16)8(18)9(19)11(21-4)23-12(3-15)10(20)7(17)5(2-14)22-12;2*7-6-4-2-1-3-5-6/h4-11,13-20H,1-3H2;2*1-5,7H/t4-,5-,6-,7-,8+,9-,10+,11-,12+;;/m1../s1. The van der Waals surface area contributed by atoms with Crippen molar-refractivity contribution in [3.8, 4) is 11.5 Å². The molecule has 9 atom stereocenters. The first kappa shape index (κ1) is 30.8. The molecule has 37 heavy (non-hydrogen) atoms. The van der Waals surface area contributed by atoms with Crippen molar-refractivity contribution in [1.29, 1.82) is 0 Å². The number of hydrogen-bond donors (Lipinski definition) is 10. The molecule has 2 aromatic carbocycles. The summed E-state index contributed by atoms with van der Waals surface area (Å²) in [7, 11) is 0. The van der Waals surface area contributed by atoms with E-state index >= 15 is 0 Å². The van der Waals surface area contributed by atoms with Gasteiger partial charge in [0, 0.05) is 0 Å². The predicted molar refractivity (Wildman–Crippen MR) is 125 cm³/mol. The summed E-state index contributed by atoms with van der Waals surface area (Å²) in [6.07, 6.45) is -12.7. The lowest BCUT2D eigenvalue weighted by molar-refractivity contribution is -0.383. The van der Waals surface area contributed by atoms with Crippen molar-refractivity contribution >= 4 is 0 Å². The van der Waals surface area contributed by atoms with E-state index in [1.165, 1.54) is 0 Å². The Morgan fingerprint density at radius 2 is 1.14 bits per heavy atom. The Kier molecular flexibility index (Phi) is 12.1. The van der Waals surface area contributed by atoms with Crippen molar-refractivity contribution in [1.82, 2.24) is 0 Å². The Balaban J connectivity index is 0.000000276. The lowest BCUT2D eigenvalue weighted by atomic mass is 9.99. The fourth-order valence-electron chi connectivity index (χ4n) is 3.49. The Hall–Kier alpha value is -2.40. The molecule has 2 aliphatic rings. The average molecular weight is 531 g/mol. The first-order chi connectivity index (χ1) is 17.6. The van der Waals surface area contributed by atoms with Crippen LogP contribution in [0.4, 0.5) is 0 Å². The molecule has 2 saturated heterocycles. The molecule has 0 aromatic heterocycles. The molecule has 2 heterocycles. The SMILES string of the molecule is OC[C@H]1O[C@@](CO)(O[C@H]2O[C@H](CO)[C@@H](O)[C@H](O)[C@H]2O)[C@@H](O)[C@@H]1O.Oc1ccccc1.Oc1ccccc1. The molecule has 0 unspecified atom stereocenters. The Bertz CT molecular complexity index is 849. The van der Waals surface area contributed by atoms with Gasteiger partial charge in [-0.25, -0.2) is 0 Å². The van der Waals surface area contributed by atoms with Crippen LogP contribution in [0.3, 0.4) is 0 Å². The van der Waals surface area contributed by atoms with Gasteiger partial charge in [-0.05, 0) is 24.3 Å². The average Bonchev–Trinajstić information content (AvgIpc) is 3.15. The van der Waals surface area contributed by atoms with Crippen LogP contribution in [0.25, 0.3) is 0 Å². The van der Waals surface area contributed by atoms with Gasteiger partial charge in [-0.3, -0.25) is 0 Å². The highest BCUT2D eigenvalue weighted by atomic mass is 16.8. The molecular formula is C24H34O13. The van der Waals surface area contributed by atoms with Crippen LogP contribution in [0, 0.1) is 0 Å². The topological polar surface area (TPSA) is 230 Å². The number of para-hydroxylation sites is 2. The minimum Gasteiger partial charge on any atom is -0.508 e. The van der Waals surface area contributed by atoms with Crippen LogP contribution in [-0.2, 0) is 14.2 Å². The number of aliphatic hydroxyl groups excluding tert-OH is 8. The number of aromatic hydroxyl groups is 2. The van der Waals surface area contributed by atoms with Gasteiger partial charge in [0.25, 0.3) is 0 Å². The van der Waals surface area contributed by atoms with Gasteiger partial charge >= 0.3 is 0 Å². The molecule has 13 heteroatoms. The summed E-state index contributed by atoms with van der Waals surface area (Å²) in [5.74, 6) is -1.58. The fraction of sp³-hybridized carbons (Fsp3) is 0.500. The molecule has 0 bridgehead atoms. The summed E-state index contributed by atoms with van der Waals surface area (Å²) in [5.41, 5.74) is 0. The molecule has 2 aromatic rings. The minimum atomic E-state index is -2.22. The third kappa shape index (κ3) is 8.04. The molecule has 4 rings (SSSR count). The van der Waals surface area contributed by atoms with E-state index in [-0.39, 0.29) is 0 Å². The Morgan fingerprint density at radius 1 is 0.649 bits per heavy atom. The van der Waals surface area contributed by atoms with Gasteiger partial charge in [0.05, 0.1) is 13.2 Å². The maximum Gasteiger partial charge on any atom is 0.224 e. The number of phenols is 2. The largest absolute Gasteiger partial charge is 0.508 e. The molecule has 2 aliphatic heterocycles. The highest BCUT2D eigenvalue weighted by Crippen LogP contribution is 2.35. The summed E-state index contributed by atoms with van der Waals surface area (Å²) in [4.78, 5) is 0. The molecular weight excluding hydrogens is 496 g/mol. The van der Waals surface area contributed by atoms with E-state index in [0.717, 1.165) is 0 Å². The molecule has 208 valence electrons. The van der Waals surface area contributed by atoms with E-state index in [0.29, 0.717) is 11.5 Å². The van der Waals surface area contributed by atoms with E-state index in [9.17, 15) is 30.6 Å². The lowest BCUT2D eigenvalue weighted by Gasteiger charge is -2.43. The molecule has 0 saturated carbocycles. The van der Waals surface area contributed by atoms with Crippen LogP contribution in [-0.4, -0.2) is 126 Å². The molecule has 13 nitrogen and oxygen atoms in total. The van der Waals surface area contributed by atoms with Crippen molar-refractivity contribution in [2.24, 2.45) is 0 Å². The maximum absolute atomic E-state index is 10.00. The summed E-state index contributed by atoms with van der Waals surface area (Å²) < 4.78 is 15.4. The van der Waals surface area contributed by atoms with Crippen molar-refractivity contribution < 1.29 is 65.3 Å². The van der Waals surface area contributed by atoms with Crippen molar-refractivity contribution in [2.75, 3.05) is 19.8 Å². The monoisotopic (exact) mass is 530 g/mol. The second-order valence-corrected chi connectivity index (χ2v) is 8.23. The second kappa shape index (κ2) is 14.5. The zero-order valence-electron chi connectivity index (χ0n) is 19.7. The van der Waals surface area contributed by atoms with Gasteiger partial charge in [0.2, 0.25) is 5.79 Å². The molecule has 10 N–H and O–H groups in total. The number of hydrogen-bond acceptors (Lipinski definition) is 13. The molecule has 0 aliphatic carbocycles. The molecule has 2 fully saturated rings. The highest BCUT2D eigenvalue weighted by molar-refractivity contribution is 5.19. The van der Waals surface area contributed by atoms with Gasteiger partial charge < -0.3 is 65.3 Å². The zero-order valence-corrected chi connectivity index (χ0v) is 19.7. The van der Waals surface area contributed by atoms with E-state index in [1.54, 1.807) is 48.5 Å². The zero-order chi connectivity index (χ0) is 27.6.